The number of nitrogens with one attached hydrogen (secondary N) is 1. The highest BCUT2D eigenvalue weighted by molar-refractivity contribution is 5.95. The molecular weight excluding hydrogens is 326 g/mol. The summed E-state index contributed by atoms with van der Waals surface area (Å²) in [6, 6.07) is 14.9. The van der Waals surface area contributed by atoms with E-state index in [1.165, 1.54) is 0 Å². The zero-order valence-electron chi connectivity index (χ0n) is 14.6. The van der Waals surface area contributed by atoms with Crippen molar-refractivity contribution in [2.24, 2.45) is 5.92 Å². The van der Waals surface area contributed by atoms with Crippen molar-refractivity contribution in [3.63, 3.8) is 0 Å². The monoisotopic (exact) mass is 347 g/mol. The Morgan fingerprint density at radius 1 is 1.19 bits per heavy atom. The van der Waals surface area contributed by atoms with Gasteiger partial charge in [0.1, 0.15) is 11.3 Å². The molecule has 1 aliphatic rings. The van der Waals surface area contributed by atoms with Crippen molar-refractivity contribution in [2.45, 2.75) is 0 Å². The molecule has 0 spiro atoms. The van der Waals surface area contributed by atoms with Crippen LogP contribution in [0.15, 0.2) is 54.7 Å². The van der Waals surface area contributed by atoms with Crippen LogP contribution in [0, 0.1) is 5.92 Å². The van der Waals surface area contributed by atoms with Crippen LogP contribution in [0.1, 0.15) is 10.4 Å². The second-order valence-electron chi connectivity index (χ2n) is 6.95. The fourth-order valence-electron chi connectivity index (χ4n) is 3.45. The number of amides is 1. The summed E-state index contributed by atoms with van der Waals surface area (Å²) in [5, 5.41) is 14.1. The molecule has 0 aliphatic carbocycles. The average Bonchev–Trinajstić information content (AvgIpc) is 2.64. The third-order valence-electron chi connectivity index (χ3n) is 4.86. The zero-order valence-corrected chi connectivity index (χ0v) is 14.6. The van der Waals surface area contributed by atoms with E-state index in [1.54, 1.807) is 12.3 Å². The Bertz CT molecular complexity index is 947. The number of rotatable bonds is 4. The minimum Gasteiger partial charge on any atom is -0.506 e. The third-order valence-corrected chi connectivity index (χ3v) is 4.86. The second kappa shape index (κ2) is 6.77. The Kier molecular flexibility index (Phi) is 4.31. The van der Waals surface area contributed by atoms with Gasteiger partial charge in [-0.2, -0.15) is 0 Å². The highest BCUT2D eigenvalue weighted by Gasteiger charge is 2.23. The molecule has 1 aliphatic heterocycles. The van der Waals surface area contributed by atoms with Crippen LogP contribution in [0.3, 0.4) is 0 Å². The van der Waals surface area contributed by atoms with E-state index < -0.39 is 0 Å². The van der Waals surface area contributed by atoms with Gasteiger partial charge in [-0.25, -0.2) is 0 Å². The fourth-order valence-corrected chi connectivity index (χ4v) is 3.45. The Hall–Kier alpha value is -2.92. The van der Waals surface area contributed by atoms with Crippen molar-refractivity contribution in [3.05, 3.63) is 60.3 Å². The van der Waals surface area contributed by atoms with Crippen LogP contribution in [-0.4, -0.2) is 47.6 Å². The minimum absolute atomic E-state index is 0.0448. The molecule has 2 aromatic carbocycles. The van der Waals surface area contributed by atoms with Crippen molar-refractivity contribution >= 4 is 16.8 Å². The molecule has 0 saturated carbocycles. The molecular formula is C21H21N3O2. The lowest BCUT2D eigenvalue weighted by Crippen LogP contribution is -2.49. The normalized spacial score (nSPS) is 15.0. The number of aromatic nitrogens is 1. The number of phenols is 1. The van der Waals surface area contributed by atoms with Gasteiger partial charge in [-0.3, -0.25) is 9.78 Å². The molecule has 26 heavy (non-hydrogen) atoms. The number of carbonyl (C=O) groups excluding carboxylic acids is 1. The summed E-state index contributed by atoms with van der Waals surface area (Å²) in [7, 11) is 2.08. The largest absolute Gasteiger partial charge is 0.506 e. The number of pyridine rings is 1. The topological polar surface area (TPSA) is 65.5 Å². The van der Waals surface area contributed by atoms with Crippen molar-refractivity contribution < 1.29 is 9.90 Å². The van der Waals surface area contributed by atoms with Crippen LogP contribution < -0.4 is 5.32 Å². The van der Waals surface area contributed by atoms with Crippen LogP contribution >= 0.6 is 0 Å². The number of hydrogen-bond acceptors (Lipinski definition) is 4. The SMILES string of the molecule is CN1CC(CNC(=O)c2ccc(-c3cc(O)c4ncccc4c3)cc2)C1. The van der Waals surface area contributed by atoms with Crippen LogP contribution in [0.25, 0.3) is 22.0 Å². The maximum atomic E-state index is 12.3. The standard InChI is InChI=1S/C21H21N3O2/c1-24-12-14(13-24)11-23-21(26)16-6-4-15(5-7-16)18-9-17-3-2-8-22-20(17)19(25)10-18/h2-10,14,25H,11-13H2,1H3,(H,23,26). The number of phenolic OH excluding ortho intramolecular Hbond substituents is 1. The third kappa shape index (κ3) is 3.26. The van der Waals surface area contributed by atoms with Crippen LogP contribution in [0.2, 0.25) is 0 Å². The lowest BCUT2D eigenvalue weighted by Gasteiger charge is -2.36. The van der Waals surface area contributed by atoms with Gasteiger partial charge in [0, 0.05) is 42.7 Å². The number of benzene rings is 2. The van der Waals surface area contributed by atoms with Crippen molar-refractivity contribution in [3.8, 4) is 16.9 Å². The molecule has 5 heteroatoms. The molecule has 1 aromatic heterocycles. The Labute approximate surface area is 152 Å². The molecule has 1 fully saturated rings. The van der Waals surface area contributed by atoms with Crippen molar-refractivity contribution in [1.29, 1.82) is 0 Å². The van der Waals surface area contributed by atoms with E-state index in [2.05, 4.69) is 22.2 Å². The smallest absolute Gasteiger partial charge is 0.251 e. The molecule has 0 bridgehead atoms. The van der Waals surface area contributed by atoms with Gasteiger partial charge < -0.3 is 15.3 Å². The highest BCUT2D eigenvalue weighted by Crippen LogP contribution is 2.30. The van der Waals surface area contributed by atoms with E-state index in [9.17, 15) is 9.90 Å². The predicted octanol–water partition coefficient (Wildman–Crippen LogP) is 2.90. The molecule has 1 saturated heterocycles. The van der Waals surface area contributed by atoms with Gasteiger partial charge in [-0.15, -0.1) is 0 Å². The van der Waals surface area contributed by atoms with Gasteiger partial charge in [0.15, 0.2) is 0 Å². The minimum atomic E-state index is -0.0448. The van der Waals surface area contributed by atoms with E-state index in [4.69, 9.17) is 0 Å². The van der Waals surface area contributed by atoms with E-state index in [1.807, 2.05) is 42.5 Å². The summed E-state index contributed by atoms with van der Waals surface area (Å²) >= 11 is 0. The number of likely N-dealkylation sites (tertiary alicyclic amines) is 1. The molecule has 3 aromatic rings. The van der Waals surface area contributed by atoms with Gasteiger partial charge >= 0.3 is 0 Å². The summed E-state index contributed by atoms with van der Waals surface area (Å²) in [5.74, 6) is 0.666. The molecule has 2 N–H and O–H groups in total. The molecule has 4 rings (SSSR count). The van der Waals surface area contributed by atoms with Gasteiger partial charge in [-0.05, 0) is 48.5 Å². The first kappa shape index (κ1) is 16.5. The van der Waals surface area contributed by atoms with Crippen molar-refractivity contribution in [1.82, 2.24) is 15.2 Å². The summed E-state index contributed by atoms with van der Waals surface area (Å²) in [6.45, 7) is 2.80. The quantitative estimate of drug-likeness (QED) is 0.762. The summed E-state index contributed by atoms with van der Waals surface area (Å²) in [6.07, 6.45) is 1.66. The summed E-state index contributed by atoms with van der Waals surface area (Å²) in [4.78, 5) is 18.7. The number of nitrogens with zero attached hydrogens (tertiary/aromatic N) is 2. The molecule has 132 valence electrons. The highest BCUT2D eigenvalue weighted by atomic mass is 16.3. The first-order valence-corrected chi connectivity index (χ1v) is 8.75. The second-order valence-corrected chi connectivity index (χ2v) is 6.95. The first-order valence-electron chi connectivity index (χ1n) is 8.75. The Morgan fingerprint density at radius 2 is 1.96 bits per heavy atom. The number of hydrogen-bond donors (Lipinski definition) is 2. The molecule has 0 unspecified atom stereocenters. The molecule has 1 amide bonds. The fraction of sp³-hybridized carbons (Fsp3) is 0.238. The van der Waals surface area contributed by atoms with E-state index in [0.717, 1.165) is 36.1 Å². The number of fused-ring (bicyclic) bond motifs is 1. The lowest BCUT2D eigenvalue weighted by molar-refractivity contribution is 0.0898. The van der Waals surface area contributed by atoms with Gasteiger partial charge in [0.2, 0.25) is 0 Å². The number of aromatic hydroxyl groups is 1. The Morgan fingerprint density at radius 3 is 2.69 bits per heavy atom. The van der Waals surface area contributed by atoms with E-state index in [0.29, 0.717) is 17.0 Å². The predicted molar refractivity (Wildman–Crippen MR) is 102 cm³/mol. The molecule has 5 nitrogen and oxygen atoms in total. The lowest BCUT2D eigenvalue weighted by atomic mass is 10.00. The summed E-state index contributed by atoms with van der Waals surface area (Å²) in [5.41, 5.74) is 3.08. The van der Waals surface area contributed by atoms with Gasteiger partial charge in [0.25, 0.3) is 5.91 Å². The van der Waals surface area contributed by atoms with Crippen molar-refractivity contribution in [2.75, 3.05) is 26.7 Å². The maximum absolute atomic E-state index is 12.3. The van der Waals surface area contributed by atoms with E-state index in [-0.39, 0.29) is 11.7 Å². The van der Waals surface area contributed by atoms with E-state index >= 15 is 0 Å². The number of carbonyl (C=O) groups is 1. The van der Waals surface area contributed by atoms with Gasteiger partial charge in [0.05, 0.1) is 0 Å². The first-order chi connectivity index (χ1) is 12.6. The maximum Gasteiger partial charge on any atom is 0.251 e. The molecule has 0 atom stereocenters. The zero-order chi connectivity index (χ0) is 18.1. The van der Waals surface area contributed by atoms with Crippen LogP contribution in [0.5, 0.6) is 5.75 Å². The van der Waals surface area contributed by atoms with Crippen LogP contribution in [-0.2, 0) is 0 Å². The Balaban J connectivity index is 1.49. The molecule has 0 radical (unpaired) electrons. The van der Waals surface area contributed by atoms with Crippen LogP contribution in [0.4, 0.5) is 0 Å². The average molecular weight is 347 g/mol. The molecule has 2 heterocycles. The van der Waals surface area contributed by atoms with Gasteiger partial charge in [-0.1, -0.05) is 18.2 Å². The summed E-state index contributed by atoms with van der Waals surface area (Å²) < 4.78 is 0.